The average molecular weight is 249 g/mol. The number of hydrogen-bond donors (Lipinski definition) is 1. The number of hydrogen-bond acceptors (Lipinski definition) is 4. The summed E-state index contributed by atoms with van der Waals surface area (Å²) in [6.45, 7) is 4.37. The van der Waals surface area contributed by atoms with E-state index in [9.17, 15) is 0 Å². The molecule has 0 amide bonds. The van der Waals surface area contributed by atoms with Crippen molar-refractivity contribution in [1.29, 1.82) is 0 Å². The Morgan fingerprint density at radius 2 is 2.39 bits per heavy atom. The van der Waals surface area contributed by atoms with E-state index in [2.05, 4.69) is 22.1 Å². The minimum Gasteiger partial charge on any atom is -0.493 e. The molecule has 1 aliphatic heterocycles. The molecular formula is C14H23N3O. The van der Waals surface area contributed by atoms with E-state index in [4.69, 9.17) is 4.74 Å². The highest BCUT2D eigenvalue weighted by atomic mass is 16.5. The van der Waals surface area contributed by atoms with Crippen LogP contribution < -0.4 is 15.0 Å². The maximum atomic E-state index is 5.40. The molecule has 1 aromatic rings. The van der Waals surface area contributed by atoms with Gasteiger partial charge in [-0.25, -0.2) is 4.98 Å². The molecule has 2 rings (SSSR count). The zero-order chi connectivity index (χ0) is 13.0. The predicted molar refractivity (Wildman–Crippen MR) is 74.2 cm³/mol. The lowest BCUT2D eigenvalue weighted by atomic mass is 9.91. The molecular weight excluding hydrogens is 226 g/mol. The summed E-state index contributed by atoms with van der Waals surface area (Å²) in [5, 5.41) is 3.36. The highest BCUT2D eigenvalue weighted by Crippen LogP contribution is 2.29. The van der Waals surface area contributed by atoms with Crippen LogP contribution in [0, 0.1) is 5.92 Å². The fraction of sp³-hybridized carbons (Fsp3) is 0.643. The first kappa shape index (κ1) is 13.1. The number of anilines is 1. The number of nitrogens with one attached hydrogen (secondary N) is 1. The Hall–Kier alpha value is -1.29. The Morgan fingerprint density at radius 3 is 3.11 bits per heavy atom. The second-order valence-corrected chi connectivity index (χ2v) is 4.95. The largest absolute Gasteiger partial charge is 0.493 e. The van der Waals surface area contributed by atoms with E-state index in [1.54, 1.807) is 7.11 Å². The van der Waals surface area contributed by atoms with E-state index < -0.39 is 0 Å². The zero-order valence-corrected chi connectivity index (χ0v) is 11.5. The summed E-state index contributed by atoms with van der Waals surface area (Å²) in [6, 6.07) is 4.44. The van der Waals surface area contributed by atoms with Crippen molar-refractivity contribution in [3.63, 3.8) is 0 Å². The number of pyridine rings is 1. The van der Waals surface area contributed by atoms with Gasteiger partial charge >= 0.3 is 0 Å². The first-order valence-electron chi connectivity index (χ1n) is 6.67. The molecule has 0 aromatic carbocycles. The Kier molecular flexibility index (Phi) is 4.42. The van der Waals surface area contributed by atoms with E-state index in [0.29, 0.717) is 12.0 Å². The van der Waals surface area contributed by atoms with Crippen LogP contribution in [0.4, 0.5) is 5.82 Å². The topological polar surface area (TPSA) is 37.4 Å². The molecule has 0 bridgehead atoms. The van der Waals surface area contributed by atoms with Crippen LogP contribution in [0.2, 0.25) is 0 Å². The third kappa shape index (κ3) is 2.75. The first-order valence-corrected chi connectivity index (χ1v) is 6.67. The highest BCUT2D eigenvalue weighted by Gasteiger charge is 2.25. The lowest BCUT2D eigenvalue weighted by Gasteiger charge is -2.36. The van der Waals surface area contributed by atoms with Gasteiger partial charge in [-0.1, -0.05) is 0 Å². The van der Waals surface area contributed by atoms with E-state index >= 15 is 0 Å². The molecule has 1 saturated heterocycles. The maximum Gasteiger partial charge on any atom is 0.171 e. The standard InChI is InChI=1S/C14H23N3O/c1-11(15-2)12-6-5-9-17(10-12)14-13(18-3)7-4-8-16-14/h4,7-8,11-12,15H,5-6,9-10H2,1-3H3. The van der Waals surface area contributed by atoms with Crippen molar-refractivity contribution < 1.29 is 4.74 Å². The summed E-state index contributed by atoms with van der Waals surface area (Å²) in [4.78, 5) is 6.82. The number of methoxy groups -OCH3 is 1. The van der Waals surface area contributed by atoms with Gasteiger partial charge < -0.3 is 15.0 Å². The number of ether oxygens (including phenoxy) is 1. The van der Waals surface area contributed by atoms with E-state index in [0.717, 1.165) is 24.7 Å². The molecule has 1 N–H and O–H groups in total. The molecule has 1 aromatic heterocycles. The fourth-order valence-corrected chi connectivity index (χ4v) is 2.63. The van der Waals surface area contributed by atoms with E-state index in [1.807, 2.05) is 25.4 Å². The summed E-state index contributed by atoms with van der Waals surface area (Å²) in [5.74, 6) is 2.53. The molecule has 4 nitrogen and oxygen atoms in total. The van der Waals surface area contributed by atoms with Gasteiger partial charge in [0, 0.05) is 25.3 Å². The van der Waals surface area contributed by atoms with Crippen molar-refractivity contribution in [1.82, 2.24) is 10.3 Å². The number of aromatic nitrogens is 1. The highest BCUT2D eigenvalue weighted by molar-refractivity contribution is 5.52. The first-order chi connectivity index (χ1) is 8.76. The predicted octanol–water partition coefficient (Wildman–Crippen LogP) is 1.91. The summed E-state index contributed by atoms with van der Waals surface area (Å²) < 4.78 is 5.40. The molecule has 2 atom stereocenters. The SMILES string of the molecule is CNC(C)C1CCCN(c2ncccc2OC)C1. The van der Waals surface area contributed by atoms with Gasteiger partial charge in [-0.3, -0.25) is 0 Å². The van der Waals surface area contributed by atoms with Crippen LogP contribution in [0.15, 0.2) is 18.3 Å². The van der Waals surface area contributed by atoms with Crippen LogP contribution in [-0.4, -0.2) is 38.3 Å². The van der Waals surface area contributed by atoms with E-state index in [1.165, 1.54) is 12.8 Å². The summed E-state index contributed by atoms with van der Waals surface area (Å²) in [5.41, 5.74) is 0. The number of rotatable bonds is 4. The quantitative estimate of drug-likeness (QED) is 0.884. The molecule has 0 aliphatic carbocycles. The van der Waals surface area contributed by atoms with E-state index in [-0.39, 0.29) is 0 Å². The number of piperidine rings is 1. The molecule has 1 fully saturated rings. The minimum absolute atomic E-state index is 0.544. The van der Waals surface area contributed by atoms with Gasteiger partial charge in [-0.15, -0.1) is 0 Å². The van der Waals surface area contributed by atoms with Crippen LogP contribution in [-0.2, 0) is 0 Å². The van der Waals surface area contributed by atoms with Gasteiger partial charge in [-0.2, -0.15) is 0 Å². The Balaban J connectivity index is 2.13. The molecule has 2 unspecified atom stereocenters. The third-order valence-corrected chi connectivity index (χ3v) is 3.89. The van der Waals surface area contributed by atoms with Gasteiger partial charge in [0.05, 0.1) is 7.11 Å². The van der Waals surface area contributed by atoms with Gasteiger partial charge in [-0.05, 0) is 44.9 Å². The molecule has 0 saturated carbocycles. The summed E-state index contributed by atoms with van der Waals surface area (Å²) >= 11 is 0. The second kappa shape index (κ2) is 6.05. The average Bonchev–Trinajstić information content (AvgIpc) is 2.46. The van der Waals surface area contributed by atoms with Gasteiger partial charge in [0.1, 0.15) is 0 Å². The smallest absolute Gasteiger partial charge is 0.171 e. The van der Waals surface area contributed by atoms with Crippen molar-refractivity contribution in [2.75, 3.05) is 32.1 Å². The Bertz CT molecular complexity index is 383. The Labute approximate surface area is 109 Å². The van der Waals surface area contributed by atoms with Crippen molar-refractivity contribution in [3.05, 3.63) is 18.3 Å². The molecule has 0 spiro atoms. The minimum atomic E-state index is 0.544. The molecule has 0 radical (unpaired) electrons. The maximum absolute atomic E-state index is 5.40. The lowest BCUT2D eigenvalue weighted by molar-refractivity contribution is 0.329. The van der Waals surface area contributed by atoms with Gasteiger partial charge in [0.25, 0.3) is 0 Å². The molecule has 4 heteroatoms. The molecule has 2 heterocycles. The van der Waals surface area contributed by atoms with Crippen LogP contribution in [0.25, 0.3) is 0 Å². The van der Waals surface area contributed by atoms with Crippen LogP contribution in [0.1, 0.15) is 19.8 Å². The van der Waals surface area contributed by atoms with Gasteiger partial charge in [0.2, 0.25) is 0 Å². The second-order valence-electron chi connectivity index (χ2n) is 4.95. The monoisotopic (exact) mass is 249 g/mol. The van der Waals surface area contributed by atoms with Crippen molar-refractivity contribution >= 4 is 5.82 Å². The third-order valence-electron chi connectivity index (χ3n) is 3.89. The van der Waals surface area contributed by atoms with Gasteiger partial charge in [0.15, 0.2) is 11.6 Å². The normalized spacial score (nSPS) is 21.7. The van der Waals surface area contributed by atoms with Crippen molar-refractivity contribution in [2.24, 2.45) is 5.92 Å². The molecule has 100 valence electrons. The van der Waals surface area contributed by atoms with Crippen LogP contribution in [0.3, 0.4) is 0 Å². The Morgan fingerprint density at radius 1 is 1.56 bits per heavy atom. The summed E-state index contributed by atoms with van der Waals surface area (Å²) in [7, 11) is 3.74. The lowest BCUT2D eigenvalue weighted by Crippen LogP contribution is -2.43. The van der Waals surface area contributed by atoms with Crippen LogP contribution >= 0.6 is 0 Å². The fourth-order valence-electron chi connectivity index (χ4n) is 2.63. The van der Waals surface area contributed by atoms with Crippen LogP contribution in [0.5, 0.6) is 5.75 Å². The molecule has 18 heavy (non-hydrogen) atoms. The zero-order valence-electron chi connectivity index (χ0n) is 11.5. The molecule has 1 aliphatic rings. The van der Waals surface area contributed by atoms with Crippen molar-refractivity contribution in [3.8, 4) is 5.75 Å². The number of nitrogens with zero attached hydrogens (tertiary/aromatic N) is 2. The van der Waals surface area contributed by atoms with Crippen molar-refractivity contribution in [2.45, 2.75) is 25.8 Å². The summed E-state index contributed by atoms with van der Waals surface area (Å²) in [6.07, 6.45) is 4.34.